The summed E-state index contributed by atoms with van der Waals surface area (Å²) in [6.45, 7) is 2.13. The third-order valence-corrected chi connectivity index (χ3v) is 4.89. The van der Waals surface area contributed by atoms with Crippen molar-refractivity contribution in [2.45, 2.75) is 36.3 Å². The summed E-state index contributed by atoms with van der Waals surface area (Å²) >= 11 is 1.38. The second-order valence-electron chi connectivity index (χ2n) is 4.95. The Hall–Kier alpha value is -1.03. The molecule has 0 bridgehead atoms. The van der Waals surface area contributed by atoms with Crippen LogP contribution >= 0.6 is 11.8 Å². The monoisotopic (exact) mass is 268 g/mol. The number of carboxylic acids is 1. The SMILES string of the molecule is CC1CCC(C(=O)O)C(Sc2ccccc2F)C1. The highest BCUT2D eigenvalue weighted by Gasteiger charge is 2.34. The molecule has 1 aliphatic carbocycles. The van der Waals surface area contributed by atoms with Crippen LogP contribution in [-0.4, -0.2) is 16.3 Å². The summed E-state index contributed by atoms with van der Waals surface area (Å²) in [7, 11) is 0. The van der Waals surface area contributed by atoms with Gasteiger partial charge in [0.15, 0.2) is 0 Å². The van der Waals surface area contributed by atoms with Crippen LogP contribution in [0, 0.1) is 17.7 Å². The van der Waals surface area contributed by atoms with Gasteiger partial charge >= 0.3 is 5.97 Å². The van der Waals surface area contributed by atoms with Crippen LogP contribution in [0.5, 0.6) is 0 Å². The highest BCUT2D eigenvalue weighted by Crippen LogP contribution is 2.40. The molecule has 0 amide bonds. The minimum atomic E-state index is -0.754. The first kappa shape index (κ1) is 13.4. The number of rotatable bonds is 3. The zero-order valence-corrected chi connectivity index (χ0v) is 11.1. The van der Waals surface area contributed by atoms with Gasteiger partial charge < -0.3 is 5.11 Å². The molecule has 0 spiro atoms. The molecule has 18 heavy (non-hydrogen) atoms. The number of benzene rings is 1. The molecule has 0 radical (unpaired) electrons. The highest BCUT2D eigenvalue weighted by atomic mass is 32.2. The Morgan fingerprint density at radius 1 is 1.39 bits per heavy atom. The Bertz CT molecular complexity index is 436. The lowest BCUT2D eigenvalue weighted by Gasteiger charge is -2.31. The van der Waals surface area contributed by atoms with Gasteiger partial charge in [-0.05, 0) is 37.3 Å². The van der Waals surface area contributed by atoms with Crippen molar-refractivity contribution in [2.24, 2.45) is 11.8 Å². The molecule has 1 saturated carbocycles. The van der Waals surface area contributed by atoms with E-state index in [0.717, 1.165) is 12.8 Å². The van der Waals surface area contributed by atoms with E-state index in [9.17, 15) is 14.3 Å². The van der Waals surface area contributed by atoms with Gasteiger partial charge in [-0.1, -0.05) is 19.1 Å². The smallest absolute Gasteiger partial charge is 0.307 e. The van der Waals surface area contributed by atoms with Crippen molar-refractivity contribution in [3.8, 4) is 0 Å². The fourth-order valence-electron chi connectivity index (χ4n) is 2.44. The Labute approximate surface area is 111 Å². The van der Waals surface area contributed by atoms with E-state index in [1.807, 2.05) is 0 Å². The first-order valence-corrected chi connectivity index (χ1v) is 7.10. The van der Waals surface area contributed by atoms with Gasteiger partial charge in [0, 0.05) is 10.1 Å². The van der Waals surface area contributed by atoms with E-state index >= 15 is 0 Å². The van der Waals surface area contributed by atoms with E-state index in [-0.39, 0.29) is 17.0 Å². The van der Waals surface area contributed by atoms with Crippen molar-refractivity contribution in [3.05, 3.63) is 30.1 Å². The predicted octanol–water partition coefficient (Wildman–Crippen LogP) is 3.81. The van der Waals surface area contributed by atoms with Gasteiger partial charge in [0.05, 0.1) is 5.92 Å². The summed E-state index contributed by atoms with van der Waals surface area (Å²) in [6, 6.07) is 6.58. The third-order valence-electron chi connectivity index (χ3n) is 3.49. The second-order valence-corrected chi connectivity index (χ2v) is 6.23. The number of aliphatic carboxylic acids is 1. The minimum absolute atomic E-state index is 0.0249. The van der Waals surface area contributed by atoms with Crippen LogP contribution in [0.3, 0.4) is 0 Å². The Morgan fingerprint density at radius 2 is 2.11 bits per heavy atom. The summed E-state index contributed by atoms with van der Waals surface area (Å²) in [4.78, 5) is 11.8. The fraction of sp³-hybridized carbons (Fsp3) is 0.500. The van der Waals surface area contributed by atoms with E-state index in [1.165, 1.54) is 17.8 Å². The van der Waals surface area contributed by atoms with Crippen LogP contribution in [0.2, 0.25) is 0 Å². The first-order chi connectivity index (χ1) is 8.58. The van der Waals surface area contributed by atoms with Crippen LogP contribution in [0.1, 0.15) is 26.2 Å². The number of hydrogen-bond donors (Lipinski definition) is 1. The molecule has 0 heterocycles. The Balaban J connectivity index is 2.14. The number of thioether (sulfide) groups is 1. The van der Waals surface area contributed by atoms with Gasteiger partial charge in [-0.15, -0.1) is 11.8 Å². The third kappa shape index (κ3) is 3.05. The molecular weight excluding hydrogens is 251 g/mol. The molecule has 0 aromatic heterocycles. The highest BCUT2D eigenvalue weighted by molar-refractivity contribution is 8.00. The average molecular weight is 268 g/mol. The topological polar surface area (TPSA) is 37.3 Å². The maximum absolute atomic E-state index is 13.6. The lowest BCUT2D eigenvalue weighted by atomic mass is 9.82. The van der Waals surface area contributed by atoms with Crippen molar-refractivity contribution >= 4 is 17.7 Å². The van der Waals surface area contributed by atoms with Gasteiger partial charge in [0.1, 0.15) is 5.82 Å². The van der Waals surface area contributed by atoms with Crippen LogP contribution < -0.4 is 0 Å². The first-order valence-electron chi connectivity index (χ1n) is 6.22. The minimum Gasteiger partial charge on any atom is -0.481 e. The van der Waals surface area contributed by atoms with Gasteiger partial charge in [-0.2, -0.15) is 0 Å². The predicted molar refractivity (Wildman–Crippen MR) is 70.2 cm³/mol. The zero-order chi connectivity index (χ0) is 13.1. The molecule has 1 aromatic carbocycles. The normalized spacial score (nSPS) is 28.0. The quantitative estimate of drug-likeness (QED) is 0.905. The van der Waals surface area contributed by atoms with Crippen LogP contribution in [-0.2, 0) is 4.79 Å². The van der Waals surface area contributed by atoms with Crippen molar-refractivity contribution in [3.63, 3.8) is 0 Å². The van der Waals surface area contributed by atoms with Gasteiger partial charge in [-0.3, -0.25) is 4.79 Å². The molecule has 0 saturated heterocycles. The molecule has 2 nitrogen and oxygen atoms in total. The summed E-state index contributed by atoms with van der Waals surface area (Å²) in [5.74, 6) is -0.851. The van der Waals surface area contributed by atoms with E-state index < -0.39 is 5.97 Å². The number of hydrogen-bond acceptors (Lipinski definition) is 2. The van der Waals surface area contributed by atoms with Crippen molar-refractivity contribution in [2.75, 3.05) is 0 Å². The van der Waals surface area contributed by atoms with E-state index in [2.05, 4.69) is 6.92 Å². The number of carboxylic acid groups (broad SMARTS) is 1. The Morgan fingerprint density at radius 3 is 2.78 bits per heavy atom. The molecule has 4 heteroatoms. The molecule has 3 atom stereocenters. The summed E-state index contributed by atoms with van der Waals surface area (Å²) in [5, 5.41) is 9.21. The van der Waals surface area contributed by atoms with E-state index in [4.69, 9.17) is 0 Å². The maximum Gasteiger partial charge on any atom is 0.307 e. The van der Waals surface area contributed by atoms with Crippen molar-refractivity contribution < 1.29 is 14.3 Å². The van der Waals surface area contributed by atoms with Gasteiger partial charge in [0.2, 0.25) is 0 Å². The summed E-state index contributed by atoms with van der Waals surface area (Å²) in [5.41, 5.74) is 0. The lowest BCUT2D eigenvalue weighted by Crippen LogP contribution is -2.32. The summed E-state index contributed by atoms with van der Waals surface area (Å²) < 4.78 is 13.6. The molecule has 2 rings (SSSR count). The van der Waals surface area contributed by atoms with Crippen molar-refractivity contribution in [1.29, 1.82) is 0 Å². The van der Waals surface area contributed by atoms with Gasteiger partial charge in [0.25, 0.3) is 0 Å². The molecule has 0 aliphatic heterocycles. The van der Waals surface area contributed by atoms with Crippen LogP contribution in [0.4, 0.5) is 4.39 Å². The number of carbonyl (C=O) groups is 1. The standard InChI is InChI=1S/C14H17FO2S/c1-9-6-7-10(14(16)17)13(8-9)18-12-5-3-2-4-11(12)15/h2-5,9-10,13H,6-8H2,1H3,(H,16,17). The van der Waals surface area contributed by atoms with Crippen molar-refractivity contribution in [1.82, 2.24) is 0 Å². The molecule has 3 unspecified atom stereocenters. The molecule has 1 aliphatic rings. The average Bonchev–Trinajstić information content (AvgIpc) is 2.32. The van der Waals surface area contributed by atoms with E-state index in [1.54, 1.807) is 18.2 Å². The van der Waals surface area contributed by atoms with E-state index in [0.29, 0.717) is 17.2 Å². The second kappa shape index (κ2) is 5.74. The molecule has 1 N–H and O–H groups in total. The largest absolute Gasteiger partial charge is 0.481 e. The van der Waals surface area contributed by atoms with Gasteiger partial charge in [-0.25, -0.2) is 4.39 Å². The fourth-order valence-corrected chi connectivity index (χ4v) is 3.95. The zero-order valence-electron chi connectivity index (χ0n) is 10.3. The molecule has 1 aromatic rings. The molecule has 98 valence electrons. The number of halogens is 1. The Kier molecular flexibility index (Phi) is 4.27. The van der Waals surface area contributed by atoms with Crippen LogP contribution in [0.25, 0.3) is 0 Å². The molecule has 1 fully saturated rings. The summed E-state index contributed by atoms with van der Waals surface area (Å²) in [6.07, 6.45) is 2.49. The van der Waals surface area contributed by atoms with Crippen LogP contribution in [0.15, 0.2) is 29.2 Å². The maximum atomic E-state index is 13.6. The lowest BCUT2D eigenvalue weighted by molar-refractivity contribution is -0.142. The molecular formula is C14H17FO2S.